The molecule has 0 N–H and O–H groups in total. The molecule has 0 spiro atoms. The van der Waals surface area contributed by atoms with E-state index < -0.39 is 10.0 Å². The summed E-state index contributed by atoms with van der Waals surface area (Å²) in [6.07, 6.45) is 0. The van der Waals surface area contributed by atoms with Gasteiger partial charge in [0.25, 0.3) is 0 Å². The molecule has 0 aromatic carbocycles. The molecule has 1 aromatic heterocycles. The number of nitrogens with zero attached hydrogens (tertiary/aromatic N) is 2. The number of aryl methyl sites for hydroxylation is 1. The number of rotatable bonds is 6. The van der Waals surface area contributed by atoms with Crippen molar-refractivity contribution in [3.05, 3.63) is 17.6 Å². The Morgan fingerprint density at radius 3 is 2.33 bits per heavy atom. The van der Waals surface area contributed by atoms with Crippen molar-refractivity contribution >= 4 is 21.6 Å². The van der Waals surface area contributed by atoms with Crippen molar-refractivity contribution < 1.29 is 12.8 Å². The minimum absolute atomic E-state index is 0.164. The van der Waals surface area contributed by atoms with E-state index in [0.29, 0.717) is 24.6 Å². The van der Waals surface area contributed by atoms with Crippen LogP contribution >= 0.6 is 11.6 Å². The van der Waals surface area contributed by atoms with Gasteiger partial charge in [-0.15, -0.1) is 11.6 Å². The Labute approximate surface area is 113 Å². The van der Waals surface area contributed by atoms with Gasteiger partial charge in [-0.05, 0) is 21.0 Å². The predicted octanol–water partition coefficient (Wildman–Crippen LogP) is 1.51. The van der Waals surface area contributed by atoms with E-state index in [2.05, 4.69) is 0 Å². The fraction of sp³-hybridized carbons (Fsp3) is 0.636. The van der Waals surface area contributed by atoms with Crippen LogP contribution in [0.2, 0.25) is 0 Å². The zero-order valence-electron chi connectivity index (χ0n) is 11.1. The average molecular weight is 295 g/mol. The summed E-state index contributed by atoms with van der Waals surface area (Å²) in [6.45, 7) is 2.72. The highest BCUT2D eigenvalue weighted by Gasteiger charge is 2.25. The molecule has 0 atom stereocenters. The first-order valence-corrected chi connectivity index (χ1v) is 7.53. The third kappa shape index (κ3) is 3.47. The summed E-state index contributed by atoms with van der Waals surface area (Å²) in [7, 11) is 1.86. The standard InChI is InChI=1S/C11H19ClN2O3S/c1-9-11(7-10(8-12)17-9)18(15,16)14(4)6-5-13(2)3/h7H,5-6,8H2,1-4H3. The lowest BCUT2D eigenvalue weighted by Gasteiger charge is -2.18. The number of hydrogen-bond donors (Lipinski definition) is 0. The van der Waals surface area contributed by atoms with Crippen LogP contribution in [0.15, 0.2) is 15.4 Å². The van der Waals surface area contributed by atoms with Gasteiger partial charge in [-0.2, -0.15) is 4.31 Å². The Kier molecular flexibility index (Phi) is 5.21. The molecule has 0 unspecified atom stereocenters. The van der Waals surface area contributed by atoms with Crippen molar-refractivity contribution in [3.63, 3.8) is 0 Å². The molecular formula is C11H19ClN2O3S. The van der Waals surface area contributed by atoms with Gasteiger partial charge < -0.3 is 9.32 Å². The predicted molar refractivity (Wildman–Crippen MR) is 71.4 cm³/mol. The van der Waals surface area contributed by atoms with E-state index in [-0.39, 0.29) is 10.8 Å². The maximum Gasteiger partial charge on any atom is 0.246 e. The van der Waals surface area contributed by atoms with Gasteiger partial charge in [-0.1, -0.05) is 0 Å². The highest BCUT2D eigenvalue weighted by molar-refractivity contribution is 7.89. The first-order chi connectivity index (χ1) is 8.28. The van der Waals surface area contributed by atoms with Gasteiger partial charge in [-0.25, -0.2) is 8.42 Å². The van der Waals surface area contributed by atoms with E-state index in [4.69, 9.17) is 16.0 Å². The minimum Gasteiger partial charge on any atom is -0.464 e. The molecule has 1 heterocycles. The molecule has 1 aromatic rings. The lowest BCUT2D eigenvalue weighted by atomic mass is 10.4. The Balaban J connectivity index is 2.94. The lowest BCUT2D eigenvalue weighted by Crippen LogP contribution is -2.33. The fourth-order valence-electron chi connectivity index (χ4n) is 1.48. The highest BCUT2D eigenvalue weighted by Crippen LogP contribution is 2.23. The van der Waals surface area contributed by atoms with E-state index in [9.17, 15) is 8.42 Å². The van der Waals surface area contributed by atoms with Crippen molar-refractivity contribution in [3.8, 4) is 0 Å². The van der Waals surface area contributed by atoms with Crippen molar-refractivity contribution in [2.24, 2.45) is 0 Å². The van der Waals surface area contributed by atoms with Crippen LogP contribution < -0.4 is 0 Å². The molecule has 0 amide bonds. The van der Waals surface area contributed by atoms with E-state index in [1.165, 1.54) is 10.4 Å². The third-order valence-corrected chi connectivity index (χ3v) is 4.83. The largest absolute Gasteiger partial charge is 0.464 e. The van der Waals surface area contributed by atoms with E-state index in [1.807, 2.05) is 19.0 Å². The Hall–Kier alpha value is -0.560. The van der Waals surface area contributed by atoms with E-state index >= 15 is 0 Å². The number of halogens is 1. The second-order valence-electron chi connectivity index (χ2n) is 4.40. The minimum atomic E-state index is -3.50. The summed E-state index contributed by atoms with van der Waals surface area (Å²) in [5.74, 6) is 1.01. The molecule has 0 aliphatic heterocycles. The molecule has 7 heteroatoms. The molecule has 18 heavy (non-hydrogen) atoms. The summed E-state index contributed by atoms with van der Waals surface area (Å²) >= 11 is 5.64. The van der Waals surface area contributed by atoms with Gasteiger partial charge in [0.05, 0.1) is 5.88 Å². The first kappa shape index (κ1) is 15.5. The van der Waals surface area contributed by atoms with Gasteiger partial charge in [0.2, 0.25) is 10.0 Å². The van der Waals surface area contributed by atoms with E-state index in [1.54, 1.807) is 14.0 Å². The molecule has 0 aliphatic carbocycles. The van der Waals surface area contributed by atoms with Crippen molar-refractivity contribution in [1.82, 2.24) is 9.21 Å². The van der Waals surface area contributed by atoms with Crippen molar-refractivity contribution in [2.45, 2.75) is 17.7 Å². The number of furan rings is 1. The number of sulfonamides is 1. The van der Waals surface area contributed by atoms with Gasteiger partial charge in [0.15, 0.2) is 0 Å². The molecule has 0 aliphatic rings. The summed E-state index contributed by atoms with van der Waals surface area (Å²) in [5.41, 5.74) is 0. The molecule has 0 saturated carbocycles. The molecule has 1 rings (SSSR count). The zero-order chi connectivity index (χ0) is 13.9. The zero-order valence-corrected chi connectivity index (χ0v) is 12.7. The van der Waals surface area contributed by atoms with Crippen LogP contribution in [-0.4, -0.2) is 51.9 Å². The van der Waals surface area contributed by atoms with Gasteiger partial charge in [0.1, 0.15) is 16.4 Å². The smallest absolute Gasteiger partial charge is 0.246 e. The Morgan fingerprint density at radius 2 is 1.89 bits per heavy atom. The fourth-order valence-corrected chi connectivity index (χ4v) is 2.95. The Morgan fingerprint density at radius 1 is 1.28 bits per heavy atom. The van der Waals surface area contributed by atoms with Crippen molar-refractivity contribution in [2.75, 3.05) is 34.2 Å². The maximum absolute atomic E-state index is 12.3. The topological polar surface area (TPSA) is 53.8 Å². The Bertz CT molecular complexity index is 496. The SMILES string of the molecule is Cc1oc(CCl)cc1S(=O)(=O)N(C)CCN(C)C. The second kappa shape index (κ2) is 6.06. The summed E-state index contributed by atoms with van der Waals surface area (Å²) in [5, 5.41) is 0. The van der Waals surface area contributed by atoms with E-state index in [0.717, 1.165) is 0 Å². The molecule has 0 fully saturated rings. The maximum atomic E-state index is 12.3. The molecule has 0 radical (unpaired) electrons. The molecule has 5 nitrogen and oxygen atoms in total. The molecule has 0 bridgehead atoms. The molecule has 104 valence electrons. The van der Waals surface area contributed by atoms with Gasteiger partial charge in [-0.3, -0.25) is 0 Å². The van der Waals surface area contributed by atoms with Crippen LogP contribution in [0.3, 0.4) is 0 Å². The second-order valence-corrected chi connectivity index (χ2v) is 6.68. The van der Waals surface area contributed by atoms with Gasteiger partial charge in [0, 0.05) is 26.2 Å². The van der Waals surface area contributed by atoms with Crippen LogP contribution in [0.5, 0.6) is 0 Å². The molecular weight excluding hydrogens is 276 g/mol. The van der Waals surface area contributed by atoms with Crippen LogP contribution in [0.25, 0.3) is 0 Å². The number of likely N-dealkylation sites (N-methyl/N-ethyl adjacent to an activating group) is 2. The normalized spacial score (nSPS) is 12.6. The molecule has 0 saturated heterocycles. The monoisotopic (exact) mass is 294 g/mol. The van der Waals surface area contributed by atoms with Crippen molar-refractivity contribution in [1.29, 1.82) is 0 Å². The first-order valence-electron chi connectivity index (χ1n) is 5.55. The average Bonchev–Trinajstić information content (AvgIpc) is 2.67. The quantitative estimate of drug-likeness (QED) is 0.746. The van der Waals surface area contributed by atoms with Gasteiger partial charge >= 0.3 is 0 Å². The highest BCUT2D eigenvalue weighted by atomic mass is 35.5. The third-order valence-electron chi connectivity index (χ3n) is 2.61. The summed E-state index contributed by atoms with van der Waals surface area (Å²) < 4.78 is 31.2. The van der Waals surface area contributed by atoms with Crippen LogP contribution in [0.1, 0.15) is 11.5 Å². The van der Waals surface area contributed by atoms with Crippen LogP contribution in [0, 0.1) is 6.92 Å². The summed E-state index contributed by atoms with van der Waals surface area (Å²) in [6, 6.07) is 1.49. The lowest BCUT2D eigenvalue weighted by molar-refractivity contribution is 0.358. The van der Waals surface area contributed by atoms with Crippen LogP contribution in [0.4, 0.5) is 0 Å². The number of alkyl halides is 1. The number of hydrogen-bond acceptors (Lipinski definition) is 4. The van der Waals surface area contributed by atoms with Crippen LogP contribution in [-0.2, 0) is 15.9 Å². The summed E-state index contributed by atoms with van der Waals surface area (Å²) in [4.78, 5) is 2.12.